The summed E-state index contributed by atoms with van der Waals surface area (Å²) in [6.07, 6.45) is 4.67. The van der Waals surface area contributed by atoms with Crippen LogP contribution in [-0.2, 0) is 16.6 Å². The van der Waals surface area contributed by atoms with Crippen LogP contribution in [0.15, 0.2) is 41.7 Å². The SMILES string of the molecule is Nc1ccc2c(S(=O)(=O)NCCn3ccnn3)c[nH]c2c1. The summed E-state index contributed by atoms with van der Waals surface area (Å²) in [6.45, 7) is 0.641. The van der Waals surface area contributed by atoms with Gasteiger partial charge in [-0.05, 0) is 18.2 Å². The number of nitrogens with one attached hydrogen (secondary N) is 2. The van der Waals surface area contributed by atoms with Crippen LogP contribution in [0.3, 0.4) is 0 Å². The highest BCUT2D eigenvalue weighted by atomic mass is 32.2. The van der Waals surface area contributed by atoms with Gasteiger partial charge in [0.15, 0.2) is 0 Å². The Morgan fingerprint density at radius 1 is 1.38 bits per heavy atom. The molecule has 110 valence electrons. The van der Waals surface area contributed by atoms with Crippen LogP contribution in [0.1, 0.15) is 0 Å². The second kappa shape index (κ2) is 5.19. The third-order valence-corrected chi connectivity index (χ3v) is 4.56. The minimum atomic E-state index is -3.59. The Balaban J connectivity index is 1.80. The number of aromatic amines is 1. The fourth-order valence-electron chi connectivity index (χ4n) is 2.06. The van der Waals surface area contributed by atoms with Crippen molar-refractivity contribution in [1.82, 2.24) is 24.7 Å². The molecule has 8 nitrogen and oxygen atoms in total. The minimum Gasteiger partial charge on any atom is -0.399 e. The number of nitrogens with two attached hydrogens (primary N) is 1. The van der Waals surface area contributed by atoms with E-state index >= 15 is 0 Å². The molecule has 9 heteroatoms. The lowest BCUT2D eigenvalue weighted by molar-refractivity contribution is 0.553. The highest BCUT2D eigenvalue weighted by molar-refractivity contribution is 7.89. The van der Waals surface area contributed by atoms with Gasteiger partial charge >= 0.3 is 0 Å². The normalized spacial score (nSPS) is 12.0. The zero-order chi connectivity index (χ0) is 14.9. The van der Waals surface area contributed by atoms with Gasteiger partial charge in [0.1, 0.15) is 4.90 Å². The molecule has 0 amide bonds. The third-order valence-electron chi connectivity index (χ3n) is 3.06. The smallest absolute Gasteiger partial charge is 0.242 e. The number of aromatic nitrogens is 4. The molecule has 0 saturated carbocycles. The molecule has 2 heterocycles. The third kappa shape index (κ3) is 2.73. The second-order valence-corrected chi connectivity index (χ2v) is 6.26. The van der Waals surface area contributed by atoms with Crippen molar-refractivity contribution in [3.8, 4) is 0 Å². The number of rotatable bonds is 5. The van der Waals surface area contributed by atoms with Gasteiger partial charge < -0.3 is 10.7 Å². The van der Waals surface area contributed by atoms with Gasteiger partial charge in [0.25, 0.3) is 0 Å². The molecule has 0 atom stereocenters. The van der Waals surface area contributed by atoms with E-state index in [9.17, 15) is 8.42 Å². The maximum atomic E-state index is 12.3. The van der Waals surface area contributed by atoms with Gasteiger partial charge in [0.05, 0.1) is 12.7 Å². The zero-order valence-corrected chi connectivity index (χ0v) is 11.8. The van der Waals surface area contributed by atoms with Crippen LogP contribution >= 0.6 is 0 Å². The molecule has 0 aliphatic rings. The molecule has 0 aliphatic carbocycles. The van der Waals surface area contributed by atoms with Crippen LogP contribution in [0.4, 0.5) is 5.69 Å². The first-order valence-electron chi connectivity index (χ1n) is 6.27. The Kier molecular flexibility index (Phi) is 3.35. The molecule has 0 fully saturated rings. The van der Waals surface area contributed by atoms with Crippen LogP contribution in [0.5, 0.6) is 0 Å². The van der Waals surface area contributed by atoms with Crippen molar-refractivity contribution >= 4 is 26.6 Å². The number of H-pyrrole nitrogens is 1. The summed E-state index contributed by atoms with van der Waals surface area (Å²) in [5, 5.41) is 8.03. The van der Waals surface area contributed by atoms with Crippen molar-refractivity contribution in [2.45, 2.75) is 11.4 Å². The number of fused-ring (bicyclic) bond motifs is 1. The van der Waals surface area contributed by atoms with E-state index in [1.54, 1.807) is 35.3 Å². The Morgan fingerprint density at radius 2 is 2.24 bits per heavy atom. The minimum absolute atomic E-state index is 0.205. The molecule has 0 saturated heterocycles. The Labute approximate surface area is 121 Å². The van der Waals surface area contributed by atoms with E-state index < -0.39 is 10.0 Å². The largest absolute Gasteiger partial charge is 0.399 e. The molecular formula is C12H14N6O2S. The van der Waals surface area contributed by atoms with Crippen LogP contribution in [0, 0.1) is 0 Å². The molecular weight excluding hydrogens is 292 g/mol. The van der Waals surface area contributed by atoms with E-state index in [0.717, 1.165) is 0 Å². The molecule has 3 rings (SSSR count). The molecule has 21 heavy (non-hydrogen) atoms. The molecule has 0 bridgehead atoms. The van der Waals surface area contributed by atoms with E-state index in [0.29, 0.717) is 23.1 Å². The highest BCUT2D eigenvalue weighted by Crippen LogP contribution is 2.24. The van der Waals surface area contributed by atoms with Gasteiger partial charge in [-0.1, -0.05) is 5.21 Å². The molecule has 1 aromatic carbocycles. The van der Waals surface area contributed by atoms with Crippen LogP contribution < -0.4 is 10.5 Å². The zero-order valence-electron chi connectivity index (χ0n) is 11.0. The molecule has 2 aromatic heterocycles. The van der Waals surface area contributed by atoms with Gasteiger partial charge in [-0.25, -0.2) is 13.1 Å². The lowest BCUT2D eigenvalue weighted by atomic mass is 10.2. The highest BCUT2D eigenvalue weighted by Gasteiger charge is 2.18. The summed E-state index contributed by atoms with van der Waals surface area (Å²) in [6, 6.07) is 5.06. The summed E-state index contributed by atoms with van der Waals surface area (Å²) in [7, 11) is -3.59. The first-order chi connectivity index (χ1) is 10.1. The predicted octanol–water partition coefficient (Wildman–Crippen LogP) is 0.320. The summed E-state index contributed by atoms with van der Waals surface area (Å²) in [5.41, 5.74) is 6.94. The average Bonchev–Trinajstić information content (AvgIpc) is 3.06. The van der Waals surface area contributed by atoms with Gasteiger partial charge in [-0.3, -0.25) is 4.68 Å². The van der Waals surface area contributed by atoms with Gasteiger partial charge in [0.2, 0.25) is 10.0 Å². The van der Waals surface area contributed by atoms with Crippen LogP contribution in [-0.4, -0.2) is 34.9 Å². The average molecular weight is 306 g/mol. The number of hydrogen-bond donors (Lipinski definition) is 3. The quantitative estimate of drug-likeness (QED) is 0.587. The number of nitrogens with zero attached hydrogens (tertiary/aromatic N) is 3. The lowest BCUT2D eigenvalue weighted by Crippen LogP contribution is -2.27. The summed E-state index contributed by atoms with van der Waals surface area (Å²) >= 11 is 0. The molecule has 4 N–H and O–H groups in total. The van der Waals surface area contributed by atoms with Gasteiger partial charge in [0, 0.05) is 35.5 Å². The standard InChI is InChI=1S/C12H14N6O2S/c13-9-1-2-10-11(7-9)14-8-12(10)21(19,20)16-4-6-18-5-3-15-17-18/h1-3,5,7-8,14,16H,4,6,13H2. The van der Waals surface area contributed by atoms with Crippen LogP contribution in [0.2, 0.25) is 0 Å². The van der Waals surface area contributed by atoms with Crippen molar-refractivity contribution in [3.63, 3.8) is 0 Å². The van der Waals surface area contributed by atoms with E-state index in [4.69, 9.17) is 5.73 Å². The topological polar surface area (TPSA) is 119 Å². The Hall–Kier alpha value is -2.39. The van der Waals surface area contributed by atoms with E-state index in [1.807, 2.05) is 0 Å². The summed E-state index contributed by atoms with van der Waals surface area (Å²) < 4.78 is 28.7. The van der Waals surface area contributed by atoms with Gasteiger partial charge in [-0.15, -0.1) is 5.10 Å². The van der Waals surface area contributed by atoms with Crippen molar-refractivity contribution in [2.24, 2.45) is 0 Å². The number of benzene rings is 1. The molecule has 0 unspecified atom stereocenters. The molecule has 0 spiro atoms. The van der Waals surface area contributed by atoms with Crippen molar-refractivity contribution < 1.29 is 8.42 Å². The lowest BCUT2D eigenvalue weighted by Gasteiger charge is -2.05. The Bertz CT molecular complexity index is 853. The number of anilines is 1. The van der Waals surface area contributed by atoms with Gasteiger partial charge in [-0.2, -0.15) is 0 Å². The van der Waals surface area contributed by atoms with E-state index in [-0.39, 0.29) is 11.4 Å². The van der Waals surface area contributed by atoms with Crippen LogP contribution in [0.25, 0.3) is 10.9 Å². The first-order valence-corrected chi connectivity index (χ1v) is 7.75. The summed E-state index contributed by atoms with van der Waals surface area (Å²) in [5.74, 6) is 0. The number of hydrogen-bond acceptors (Lipinski definition) is 5. The van der Waals surface area contributed by atoms with E-state index in [1.165, 1.54) is 6.20 Å². The van der Waals surface area contributed by atoms with Crippen molar-refractivity contribution in [2.75, 3.05) is 12.3 Å². The fourth-order valence-corrected chi connectivity index (χ4v) is 3.26. The Morgan fingerprint density at radius 3 is 3.00 bits per heavy atom. The molecule has 0 aliphatic heterocycles. The second-order valence-electron chi connectivity index (χ2n) is 4.52. The predicted molar refractivity (Wildman–Crippen MR) is 77.9 cm³/mol. The maximum absolute atomic E-state index is 12.3. The maximum Gasteiger partial charge on any atom is 0.242 e. The fraction of sp³-hybridized carbons (Fsp3) is 0.167. The number of sulfonamides is 1. The monoisotopic (exact) mass is 306 g/mol. The van der Waals surface area contributed by atoms with Crippen molar-refractivity contribution in [3.05, 3.63) is 36.8 Å². The molecule has 3 aromatic rings. The molecule has 0 radical (unpaired) electrons. The van der Waals surface area contributed by atoms with E-state index in [2.05, 4.69) is 20.0 Å². The number of nitrogen functional groups attached to an aromatic ring is 1. The van der Waals surface area contributed by atoms with Crippen molar-refractivity contribution in [1.29, 1.82) is 0 Å². The summed E-state index contributed by atoms with van der Waals surface area (Å²) in [4.78, 5) is 3.12. The first kappa shape index (κ1) is 13.6.